The molecule has 0 N–H and O–H groups in total. The van der Waals surface area contributed by atoms with Gasteiger partial charge in [0.05, 0.1) is 29.3 Å². The van der Waals surface area contributed by atoms with Crippen molar-refractivity contribution >= 4 is 72.1 Å². The first kappa shape index (κ1) is 28.0. The number of nitrogens with zero attached hydrogens (tertiary/aromatic N) is 2. The molecule has 0 unspecified atom stereocenters. The molecule has 0 spiro atoms. The van der Waals surface area contributed by atoms with Crippen LogP contribution in [0.15, 0.2) is 110 Å². The number of carbonyl (C=O) groups is 1. The normalized spacial score (nSPS) is 15.1. The Balaban J connectivity index is 1.59. The predicted molar refractivity (Wildman–Crippen MR) is 169 cm³/mol. The van der Waals surface area contributed by atoms with E-state index in [1.807, 2.05) is 97.1 Å². The topological polar surface area (TPSA) is 60.4 Å². The van der Waals surface area contributed by atoms with E-state index in [0.29, 0.717) is 45.3 Å². The summed E-state index contributed by atoms with van der Waals surface area (Å²) in [6.07, 6.45) is 1.83. The second-order valence-electron chi connectivity index (χ2n) is 8.57. The van der Waals surface area contributed by atoms with E-state index in [2.05, 4.69) is 31.9 Å². The van der Waals surface area contributed by atoms with E-state index in [0.717, 1.165) is 20.1 Å². The number of methoxy groups -OCH3 is 2. The smallest absolute Gasteiger partial charge is 0.271 e. The van der Waals surface area contributed by atoms with Crippen LogP contribution in [0.3, 0.4) is 0 Å². The van der Waals surface area contributed by atoms with Crippen LogP contribution in [0.2, 0.25) is 0 Å². The molecule has 0 saturated carbocycles. The second-order valence-corrected chi connectivity index (χ2v) is 11.3. The highest BCUT2D eigenvalue weighted by atomic mass is 79.9. The van der Waals surface area contributed by atoms with E-state index in [9.17, 15) is 4.79 Å². The van der Waals surface area contributed by atoms with Gasteiger partial charge in [-0.2, -0.15) is 0 Å². The van der Waals surface area contributed by atoms with Gasteiger partial charge in [-0.15, -0.1) is 0 Å². The van der Waals surface area contributed by atoms with Crippen molar-refractivity contribution in [1.29, 1.82) is 0 Å². The lowest BCUT2D eigenvalue weighted by atomic mass is 10.1. The second kappa shape index (κ2) is 12.8. The summed E-state index contributed by atoms with van der Waals surface area (Å²) >= 11 is 8.49. The number of para-hydroxylation sites is 4. The fraction of sp³-hybridized carbons (Fsp3) is 0.0968. The summed E-state index contributed by atoms with van der Waals surface area (Å²) in [5, 5.41) is 0.478. The van der Waals surface area contributed by atoms with Crippen molar-refractivity contribution in [3.63, 3.8) is 0 Å². The van der Waals surface area contributed by atoms with Gasteiger partial charge >= 0.3 is 0 Å². The van der Waals surface area contributed by atoms with Gasteiger partial charge in [0.25, 0.3) is 5.91 Å². The average Bonchev–Trinajstić information content (AvgIpc) is 3.27. The molecule has 0 aliphatic carbocycles. The van der Waals surface area contributed by atoms with Crippen LogP contribution in [0.25, 0.3) is 6.08 Å². The van der Waals surface area contributed by atoms with E-state index in [1.54, 1.807) is 19.1 Å². The molecule has 4 aromatic rings. The fourth-order valence-electron chi connectivity index (χ4n) is 4.11. The van der Waals surface area contributed by atoms with Gasteiger partial charge in [-0.25, -0.2) is 4.99 Å². The molecule has 0 radical (unpaired) electrons. The first-order valence-corrected chi connectivity index (χ1v) is 14.6. The van der Waals surface area contributed by atoms with Crippen LogP contribution >= 0.6 is 43.6 Å². The number of rotatable bonds is 8. The van der Waals surface area contributed by atoms with Crippen molar-refractivity contribution in [3.05, 3.63) is 116 Å². The van der Waals surface area contributed by atoms with E-state index < -0.39 is 0 Å². The standard InChI is InChI=1S/C31H24Br2N2O4S/c1-37-26-14-8-6-12-24(26)34-31-35(25-13-7-9-15-27(25)38-2)30(36)28(40-31)17-21-16-22(32)18-23(33)29(21)39-19-20-10-4-3-5-11-20/h3-18H,19H2,1-2H3. The van der Waals surface area contributed by atoms with Crippen molar-refractivity contribution in [2.75, 3.05) is 19.1 Å². The molecule has 9 heteroatoms. The molecule has 0 atom stereocenters. The molecule has 4 aromatic carbocycles. The Kier molecular flexibility index (Phi) is 8.94. The van der Waals surface area contributed by atoms with Gasteiger partial charge in [0.1, 0.15) is 29.5 Å². The van der Waals surface area contributed by atoms with E-state index >= 15 is 0 Å². The highest BCUT2D eigenvalue weighted by Gasteiger charge is 2.36. The zero-order valence-electron chi connectivity index (χ0n) is 21.6. The Labute approximate surface area is 253 Å². The lowest BCUT2D eigenvalue weighted by Gasteiger charge is -2.18. The molecule has 1 amide bonds. The largest absolute Gasteiger partial charge is 0.495 e. The van der Waals surface area contributed by atoms with Crippen molar-refractivity contribution in [3.8, 4) is 17.2 Å². The molecule has 5 rings (SSSR count). The number of ether oxygens (including phenoxy) is 3. The number of thioether (sulfide) groups is 1. The molecule has 1 fully saturated rings. The summed E-state index contributed by atoms with van der Waals surface area (Å²) in [4.78, 5) is 20.9. The number of hydrogen-bond acceptors (Lipinski definition) is 6. The van der Waals surface area contributed by atoms with Crippen LogP contribution in [-0.4, -0.2) is 25.3 Å². The molecule has 0 aromatic heterocycles. The highest BCUT2D eigenvalue weighted by Crippen LogP contribution is 2.43. The van der Waals surface area contributed by atoms with E-state index in [-0.39, 0.29) is 5.91 Å². The maximum absolute atomic E-state index is 14.0. The molecule has 1 aliphatic heterocycles. The zero-order chi connectivity index (χ0) is 28.1. The summed E-state index contributed by atoms with van der Waals surface area (Å²) < 4.78 is 19.0. The minimum Gasteiger partial charge on any atom is -0.495 e. The summed E-state index contributed by atoms with van der Waals surface area (Å²) in [5.41, 5.74) is 2.98. The van der Waals surface area contributed by atoms with Gasteiger partial charge in [0, 0.05) is 10.0 Å². The fourth-order valence-corrected chi connectivity index (χ4v) is 6.46. The molecule has 1 heterocycles. The molecule has 0 bridgehead atoms. The van der Waals surface area contributed by atoms with Crippen LogP contribution in [-0.2, 0) is 11.4 Å². The van der Waals surface area contributed by atoms with Crippen LogP contribution in [0.4, 0.5) is 11.4 Å². The van der Waals surface area contributed by atoms with Gasteiger partial charge < -0.3 is 14.2 Å². The highest BCUT2D eigenvalue weighted by molar-refractivity contribution is 9.11. The maximum atomic E-state index is 14.0. The number of amidine groups is 1. The SMILES string of the molecule is COc1ccccc1N=C1SC(=Cc2cc(Br)cc(Br)c2OCc2ccccc2)C(=O)N1c1ccccc1OC. The van der Waals surface area contributed by atoms with Crippen LogP contribution in [0.5, 0.6) is 17.2 Å². The quantitative estimate of drug-likeness (QED) is 0.175. The Morgan fingerprint density at radius 2 is 1.55 bits per heavy atom. The van der Waals surface area contributed by atoms with Gasteiger partial charge in [-0.1, -0.05) is 70.5 Å². The summed E-state index contributed by atoms with van der Waals surface area (Å²) in [6.45, 7) is 0.381. The van der Waals surface area contributed by atoms with Gasteiger partial charge in [-0.3, -0.25) is 9.69 Å². The molecular weight excluding hydrogens is 656 g/mol. The lowest BCUT2D eigenvalue weighted by Crippen LogP contribution is -2.29. The molecule has 1 saturated heterocycles. The van der Waals surface area contributed by atoms with E-state index in [4.69, 9.17) is 19.2 Å². The number of halogens is 2. The van der Waals surface area contributed by atoms with Crippen LogP contribution in [0.1, 0.15) is 11.1 Å². The average molecular weight is 680 g/mol. The number of amides is 1. The van der Waals surface area contributed by atoms with Gasteiger partial charge in [-0.05, 0) is 75.7 Å². The number of anilines is 1. The number of carbonyl (C=O) groups excluding carboxylic acids is 1. The van der Waals surface area contributed by atoms with Crippen LogP contribution < -0.4 is 19.1 Å². The van der Waals surface area contributed by atoms with Gasteiger partial charge in [0.15, 0.2) is 5.17 Å². The predicted octanol–water partition coefficient (Wildman–Crippen LogP) is 8.62. The van der Waals surface area contributed by atoms with Crippen molar-refractivity contribution in [2.24, 2.45) is 4.99 Å². The number of aliphatic imine (C=N–C) groups is 1. The Bertz CT molecular complexity index is 1610. The van der Waals surface area contributed by atoms with Crippen LogP contribution in [0, 0.1) is 0 Å². The third-order valence-corrected chi connectivity index (χ3v) is 8.00. The summed E-state index contributed by atoms with van der Waals surface area (Å²) in [5.74, 6) is 1.57. The molecular formula is C31H24Br2N2O4S. The Hall–Kier alpha value is -3.53. The van der Waals surface area contributed by atoms with Gasteiger partial charge in [0.2, 0.25) is 0 Å². The van der Waals surface area contributed by atoms with E-state index in [1.165, 1.54) is 11.8 Å². The van der Waals surface area contributed by atoms with Crippen molar-refractivity contribution in [1.82, 2.24) is 0 Å². The Morgan fingerprint density at radius 3 is 2.30 bits per heavy atom. The first-order valence-electron chi connectivity index (χ1n) is 12.2. The third kappa shape index (κ3) is 6.11. The Morgan fingerprint density at radius 1 is 0.875 bits per heavy atom. The number of benzene rings is 4. The summed E-state index contributed by atoms with van der Waals surface area (Å²) in [6, 6.07) is 28.6. The summed E-state index contributed by atoms with van der Waals surface area (Å²) in [7, 11) is 3.17. The number of hydrogen-bond donors (Lipinski definition) is 0. The zero-order valence-corrected chi connectivity index (χ0v) is 25.6. The molecule has 202 valence electrons. The molecule has 40 heavy (non-hydrogen) atoms. The third-order valence-electron chi connectivity index (χ3n) is 5.98. The monoisotopic (exact) mass is 678 g/mol. The van der Waals surface area contributed by atoms with Crippen molar-refractivity contribution < 1.29 is 19.0 Å². The maximum Gasteiger partial charge on any atom is 0.271 e. The lowest BCUT2D eigenvalue weighted by molar-refractivity contribution is -0.113. The molecule has 6 nitrogen and oxygen atoms in total. The minimum absolute atomic E-state index is 0.228. The molecule has 1 aliphatic rings. The van der Waals surface area contributed by atoms with Crippen molar-refractivity contribution in [2.45, 2.75) is 6.61 Å². The first-order chi connectivity index (χ1) is 19.5. The minimum atomic E-state index is -0.228.